The van der Waals surface area contributed by atoms with Crippen molar-refractivity contribution in [3.8, 4) is 0 Å². The maximum Gasteiger partial charge on any atom is 0.227 e. The highest BCUT2D eigenvalue weighted by molar-refractivity contribution is 5.84. The topological polar surface area (TPSA) is 61.4 Å². The van der Waals surface area contributed by atoms with Crippen LogP contribution in [0.3, 0.4) is 0 Å². The summed E-state index contributed by atoms with van der Waals surface area (Å²) in [4.78, 5) is 26.5. The third kappa shape index (κ3) is 3.76. The van der Waals surface area contributed by atoms with Crippen LogP contribution < -0.4 is 10.6 Å². The minimum Gasteiger partial charge on any atom is -0.355 e. The van der Waals surface area contributed by atoms with Crippen molar-refractivity contribution in [2.45, 2.75) is 46.0 Å². The molecule has 0 radical (unpaired) electrons. The quantitative estimate of drug-likeness (QED) is 0.799. The summed E-state index contributed by atoms with van der Waals surface area (Å²) >= 11 is 0. The Kier molecular flexibility index (Phi) is 5.62. The number of carbonyl (C=O) groups excluding carboxylic acids is 2. The van der Waals surface area contributed by atoms with E-state index in [-0.39, 0.29) is 17.2 Å². The van der Waals surface area contributed by atoms with Gasteiger partial charge < -0.3 is 15.5 Å². The van der Waals surface area contributed by atoms with E-state index in [0.717, 1.165) is 45.4 Å². The molecule has 0 spiro atoms. The molecule has 2 amide bonds. The first-order chi connectivity index (χ1) is 10.1. The van der Waals surface area contributed by atoms with Crippen LogP contribution in [-0.4, -0.2) is 49.4 Å². The Morgan fingerprint density at radius 3 is 2.52 bits per heavy atom. The molecule has 2 rings (SSSR count). The fourth-order valence-electron chi connectivity index (χ4n) is 3.42. The number of rotatable bonds is 5. The van der Waals surface area contributed by atoms with Crippen molar-refractivity contribution in [1.29, 1.82) is 0 Å². The molecule has 0 bridgehead atoms. The van der Waals surface area contributed by atoms with Crippen LogP contribution in [0.2, 0.25) is 0 Å². The first-order valence-corrected chi connectivity index (χ1v) is 8.33. The van der Waals surface area contributed by atoms with Crippen molar-refractivity contribution in [3.05, 3.63) is 0 Å². The van der Waals surface area contributed by atoms with E-state index < -0.39 is 0 Å². The molecule has 5 nitrogen and oxygen atoms in total. The zero-order chi connectivity index (χ0) is 15.3. The number of carbonyl (C=O) groups is 2. The minimum absolute atomic E-state index is 0.106. The zero-order valence-electron chi connectivity index (χ0n) is 13.4. The van der Waals surface area contributed by atoms with Crippen molar-refractivity contribution in [2.24, 2.45) is 11.3 Å². The zero-order valence-corrected chi connectivity index (χ0v) is 13.4. The van der Waals surface area contributed by atoms with Crippen LogP contribution in [0.4, 0.5) is 0 Å². The largest absolute Gasteiger partial charge is 0.355 e. The molecule has 1 atom stereocenters. The second-order valence-electron chi connectivity index (χ2n) is 6.68. The Balaban J connectivity index is 1.77. The molecule has 2 fully saturated rings. The molecular weight excluding hydrogens is 266 g/mol. The summed E-state index contributed by atoms with van der Waals surface area (Å²) in [6, 6.07) is 0. The number of piperidine rings is 1. The summed E-state index contributed by atoms with van der Waals surface area (Å²) in [5, 5.41) is 6.28. The Bertz CT molecular complexity index is 370. The second kappa shape index (κ2) is 7.25. The maximum atomic E-state index is 12.5. The standard InChI is InChI=1S/C16H29N3O2/c1-13(2)16(7-9-17-12-16)15(21)18-8-6-14(20)19-10-4-3-5-11-19/h13,17H,3-12H2,1-2H3,(H,18,21). The monoisotopic (exact) mass is 295 g/mol. The van der Waals surface area contributed by atoms with E-state index in [1.807, 2.05) is 4.90 Å². The lowest BCUT2D eigenvalue weighted by Crippen LogP contribution is -2.47. The Morgan fingerprint density at radius 1 is 1.24 bits per heavy atom. The number of amides is 2. The van der Waals surface area contributed by atoms with Gasteiger partial charge in [-0.1, -0.05) is 13.8 Å². The van der Waals surface area contributed by atoms with Crippen LogP contribution in [0.5, 0.6) is 0 Å². The lowest BCUT2D eigenvalue weighted by atomic mass is 9.75. The summed E-state index contributed by atoms with van der Waals surface area (Å²) in [6.45, 7) is 8.08. The smallest absolute Gasteiger partial charge is 0.227 e. The van der Waals surface area contributed by atoms with Crippen LogP contribution in [0.25, 0.3) is 0 Å². The summed E-state index contributed by atoms with van der Waals surface area (Å²) in [6.07, 6.45) is 4.76. The molecular formula is C16H29N3O2. The summed E-state index contributed by atoms with van der Waals surface area (Å²) in [5.74, 6) is 0.595. The second-order valence-corrected chi connectivity index (χ2v) is 6.68. The van der Waals surface area contributed by atoms with Crippen LogP contribution >= 0.6 is 0 Å². The third-order valence-corrected chi connectivity index (χ3v) is 5.08. The van der Waals surface area contributed by atoms with Gasteiger partial charge >= 0.3 is 0 Å². The van der Waals surface area contributed by atoms with Gasteiger partial charge in [0.1, 0.15) is 0 Å². The van der Waals surface area contributed by atoms with E-state index in [1.165, 1.54) is 6.42 Å². The molecule has 120 valence electrons. The maximum absolute atomic E-state index is 12.5. The van der Waals surface area contributed by atoms with Gasteiger partial charge in [-0.25, -0.2) is 0 Å². The van der Waals surface area contributed by atoms with Crippen LogP contribution in [-0.2, 0) is 9.59 Å². The van der Waals surface area contributed by atoms with Gasteiger partial charge in [0.2, 0.25) is 11.8 Å². The number of likely N-dealkylation sites (tertiary alicyclic amines) is 1. The molecule has 2 N–H and O–H groups in total. The van der Waals surface area contributed by atoms with Gasteiger partial charge in [-0.2, -0.15) is 0 Å². The summed E-state index contributed by atoms with van der Waals surface area (Å²) in [7, 11) is 0. The average Bonchev–Trinajstić information content (AvgIpc) is 2.99. The molecule has 2 aliphatic rings. The lowest BCUT2D eigenvalue weighted by Gasteiger charge is -2.31. The van der Waals surface area contributed by atoms with Crippen LogP contribution in [0, 0.1) is 11.3 Å². The van der Waals surface area contributed by atoms with Gasteiger partial charge in [0.25, 0.3) is 0 Å². The molecule has 0 aromatic carbocycles. The first-order valence-electron chi connectivity index (χ1n) is 8.33. The normalized spacial score (nSPS) is 26.1. The van der Waals surface area contributed by atoms with E-state index in [2.05, 4.69) is 24.5 Å². The minimum atomic E-state index is -0.297. The number of hydrogen-bond acceptors (Lipinski definition) is 3. The number of hydrogen-bond donors (Lipinski definition) is 2. The fraction of sp³-hybridized carbons (Fsp3) is 0.875. The van der Waals surface area contributed by atoms with Gasteiger partial charge in [0.15, 0.2) is 0 Å². The molecule has 2 saturated heterocycles. The lowest BCUT2D eigenvalue weighted by molar-refractivity contribution is -0.133. The SMILES string of the molecule is CC(C)C1(C(=O)NCCC(=O)N2CCCCC2)CCNC1. The Labute approximate surface area is 127 Å². The molecule has 0 aromatic rings. The van der Waals surface area contributed by atoms with Gasteiger partial charge in [-0.3, -0.25) is 9.59 Å². The highest BCUT2D eigenvalue weighted by Crippen LogP contribution is 2.34. The van der Waals surface area contributed by atoms with E-state index >= 15 is 0 Å². The average molecular weight is 295 g/mol. The molecule has 2 heterocycles. The van der Waals surface area contributed by atoms with Gasteiger partial charge in [-0.05, 0) is 38.1 Å². The summed E-state index contributed by atoms with van der Waals surface area (Å²) < 4.78 is 0. The van der Waals surface area contributed by atoms with Crippen molar-refractivity contribution < 1.29 is 9.59 Å². The molecule has 0 saturated carbocycles. The molecule has 5 heteroatoms. The molecule has 0 aliphatic carbocycles. The number of nitrogens with zero attached hydrogens (tertiary/aromatic N) is 1. The van der Waals surface area contributed by atoms with Crippen molar-refractivity contribution in [3.63, 3.8) is 0 Å². The first kappa shape index (κ1) is 16.3. The Morgan fingerprint density at radius 2 is 1.95 bits per heavy atom. The van der Waals surface area contributed by atoms with E-state index in [0.29, 0.717) is 18.9 Å². The van der Waals surface area contributed by atoms with Crippen LogP contribution in [0.15, 0.2) is 0 Å². The van der Waals surface area contributed by atoms with Crippen molar-refractivity contribution in [2.75, 3.05) is 32.7 Å². The molecule has 1 unspecified atom stereocenters. The van der Waals surface area contributed by atoms with Crippen LogP contribution in [0.1, 0.15) is 46.0 Å². The van der Waals surface area contributed by atoms with E-state index in [4.69, 9.17) is 0 Å². The van der Waals surface area contributed by atoms with Gasteiger partial charge in [-0.15, -0.1) is 0 Å². The van der Waals surface area contributed by atoms with E-state index in [9.17, 15) is 9.59 Å². The highest BCUT2D eigenvalue weighted by Gasteiger charge is 2.43. The van der Waals surface area contributed by atoms with E-state index in [1.54, 1.807) is 0 Å². The predicted molar refractivity (Wildman–Crippen MR) is 82.8 cm³/mol. The van der Waals surface area contributed by atoms with Crippen molar-refractivity contribution in [1.82, 2.24) is 15.5 Å². The third-order valence-electron chi connectivity index (χ3n) is 5.08. The highest BCUT2D eigenvalue weighted by atomic mass is 16.2. The fourth-order valence-corrected chi connectivity index (χ4v) is 3.42. The van der Waals surface area contributed by atoms with Gasteiger partial charge in [0.05, 0.1) is 5.41 Å². The van der Waals surface area contributed by atoms with Gasteiger partial charge in [0, 0.05) is 32.6 Å². The Hall–Kier alpha value is -1.10. The van der Waals surface area contributed by atoms with Crippen molar-refractivity contribution >= 4 is 11.8 Å². The number of nitrogens with one attached hydrogen (secondary N) is 2. The summed E-state index contributed by atoms with van der Waals surface area (Å²) in [5.41, 5.74) is -0.297. The predicted octanol–water partition coefficient (Wildman–Crippen LogP) is 1.14. The molecule has 0 aromatic heterocycles. The molecule has 21 heavy (non-hydrogen) atoms. The molecule has 2 aliphatic heterocycles.